The molecular weight excluding hydrogens is 204 g/mol. The van der Waals surface area contributed by atoms with E-state index >= 15 is 0 Å². The smallest absolute Gasteiger partial charge is 0.0962 e. The Kier molecular flexibility index (Phi) is 3.42. The van der Waals surface area contributed by atoms with Gasteiger partial charge in [0.25, 0.3) is 0 Å². The molecule has 2 unspecified atom stereocenters. The van der Waals surface area contributed by atoms with Crippen molar-refractivity contribution in [2.75, 3.05) is 13.1 Å². The van der Waals surface area contributed by atoms with Crippen LogP contribution in [0.2, 0.25) is 0 Å². The predicted molar refractivity (Wildman–Crippen MR) is 65.4 cm³/mol. The monoisotopic (exact) mass is 224 g/mol. The molecule has 0 aliphatic carbocycles. The van der Waals surface area contributed by atoms with Crippen molar-refractivity contribution < 1.29 is 0 Å². The molecule has 3 heteroatoms. The first kappa shape index (κ1) is 11.1. The lowest BCUT2D eigenvalue weighted by molar-refractivity contribution is 0.254. The van der Waals surface area contributed by atoms with Gasteiger partial charge in [-0.2, -0.15) is 0 Å². The Morgan fingerprint density at radius 1 is 1.53 bits per heavy atom. The Bertz CT molecular complexity index is 319. The molecule has 84 valence electrons. The molecule has 2 rings (SSSR count). The zero-order valence-electron chi connectivity index (χ0n) is 9.79. The maximum Gasteiger partial charge on any atom is 0.0962 e. The highest BCUT2D eigenvalue weighted by Gasteiger charge is 2.30. The van der Waals surface area contributed by atoms with Gasteiger partial charge in [-0.1, -0.05) is 13.8 Å². The second-order valence-electron chi connectivity index (χ2n) is 4.83. The molecule has 15 heavy (non-hydrogen) atoms. The molecule has 1 N–H and O–H groups in total. The molecule has 2 heterocycles. The number of rotatable bonds is 2. The Morgan fingerprint density at radius 2 is 2.33 bits per heavy atom. The number of aromatic nitrogens is 1. The van der Waals surface area contributed by atoms with Gasteiger partial charge < -0.3 is 5.32 Å². The van der Waals surface area contributed by atoms with Gasteiger partial charge in [0.05, 0.1) is 5.01 Å². The minimum atomic E-state index is 0.685. The fourth-order valence-corrected chi connectivity index (χ4v) is 3.44. The topological polar surface area (TPSA) is 24.9 Å². The second-order valence-corrected chi connectivity index (χ2v) is 5.72. The fraction of sp³-hybridized carbons (Fsp3) is 0.750. The van der Waals surface area contributed by atoms with E-state index in [0.29, 0.717) is 5.92 Å². The molecule has 0 aromatic carbocycles. The van der Waals surface area contributed by atoms with Crippen molar-refractivity contribution in [3.63, 3.8) is 0 Å². The van der Waals surface area contributed by atoms with Crippen LogP contribution in [0.4, 0.5) is 0 Å². The van der Waals surface area contributed by atoms with Gasteiger partial charge in [-0.3, -0.25) is 0 Å². The van der Waals surface area contributed by atoms with Gasteiger partial charge in [-0.15, -0.1) is 11.3 Å². The molecule has 1 aromatic heterocycles. The van der Waals surface area contributed by atoms with Crippen LogP contribution < -0.4 is 5.32 Å². The molecule has 1 aliphatic rings. The van der Waals surface area contributed by atoms with Crippen molar-refractivity contribution in [1.29, 1.82) is 0 Å². The van der Waals surface area contributed by atoms with Crippen molar-refractivity contribution in [3.05, 3.63) is 16.1 Å². The highest BCUT2D eigenvalue weighted by Crippen LogP contribution is 2.36. The van der Waals surface area contributed by atoms with Crippen LogP contribution >= 0.6 is 11.3 Å². The van der Waals surface area contributed by atoms with Crippen LogP contribution in [0.15, 0.2) is 5.38 Å². The number of hydrogen-bond acceptors (Lipinski definition) is 3. The maximum absolute atomic E-state index is 4.66. The SMILES string of the molecule is Cc1csc(C2CCNCC2C(C)C)n1. The van der Waals surface area contributed by atoms with Crippen LogP contribution in [-0.4, -0.2) is 18.1 Å². The van der Waals surface area contributed by atoms with E-state index < -0.39 is 0 Å². The van der Waals surface area contributed by atoms with E-state index in [1.807, 2.05) is 11.3 Å². The van der Waals surface area contributed by atoms with E-state index in [1.165, 1.54) is 17.1 Å². The first-order valence-corrected chi connectivity index (χ1v) is 6.69. The molecule has 0 bridgehead atoms. The standard InChI is InChI=1S/C12H20N2S/c1-8(2)11-6-13-5-4-10(11)12-14-9(3)7-15-12/h7-8,10-11,13H,4-6H2,1-3H3. The van der Waals surface area contributed by atoms with Crippen molar-refractivity contribution in [1.82, 2.24) is 10.3 Å². The number of thiazole rings is 1. The van der Waals surface area contributed by atoms with Gasteiger partial charge in [0, 0.05) is 17.0 Å². The first-order valence-electron chi connectivity index (χ1n) is 5.81. The largest absolute Gasteiger partial charge is 0.316 e. The Labute approximate surface area is 96.1 Å². The van der Waals surface area contributed by atoms with Crippen LogP contribution in [0.5, 0.6) is 0 Å². The summed E-state index contributed by atoms with van der Waals surface area (Å²) in [5, 5.41) is 7.03. The van der Waals surface area contributed by atoms with E-state index in [1.54, 1.807) is 0 Å². The van der Waals surface area contributed by atoms with Crippen LogP contribution in [0, 0.1) is 18.8 Å². The predicted octanol–water partition coefficient (Wildman–Crippen LogP) is 2.80. The van der Waals surface area contributed by atoms with E-state index in [2.05, 4.69) is 36.5 Å². The Balaban J connectivity index is 2.17. The van der Waals surface area contributed by atoms with Gasteiger partial charge in [-0.25, -0.2) is 4.98 Å². The summed E-state index contributed by atoms with van der Waals surface area (Å²) in [6, 6.07) is 0. The highest BCUT2D eigenvalue weighted by atomic mass is 32.1. The summed E-state index contributed by atoms with van der Waals surface area (Å²) in [5.74, 6) is 2.18. The third kappa shape index (κ3) is 2.40. The maximum atomic E-state index is 4.66. The van der Waals surface area contributed by atoms with E-state index in [4.69, 9.17) is 0 Å². The minimum Gasteiger partial charge on any atom is -0.316 e. The highest BCUT2D eigenvalue weighted by molar-refractivity contribution is 7.09. The normalized spacial score (nSPS) is 27.2. The van der Waals surface area contributed by atoms with Crippen LogP contribution in [0.3, 0.4) is 0 Å². The molecule has 0 amide bonds. The van der Waals surface area contributed by atoms with Crippen LogP contribution in [0.25, 0.3) is 0 Å². The molecule has 0 radical (unpaired) electrons. The van der Waals surface area contributed by atoms with Gasteiger partial charge in [0.2, 0.25) is 0 Å². The average molecular weight is 224 g/mol. The number of aryl methyl sites for hydroxylation is 1. The van der Waals surface area contributed by atoms with Gasteiger partial charge >= 0.3 is 0 Å². The Morgan fingerprint density at radius 3 is 2.93 bits per heavy atom. The summed E-state index contributed by atoms with van der Waals surface area (Å²) in [4.78, 5) is 4.66. The summed E-state index contributed by atoms with van der Waals surface area (Å²) in [7, 11) is 0. The lowest BCUT2D eigenvalue weighted by Crippen LogP contribution is -2.38. The Hall–Kier alpha value is -0.410. The van der Waals surface area contributed by atoms with Crippen molar-refractivity contribution in [2.45, 2.75) is 33.1 Å². The van der Waals surface area contributed by atoms with Crippen LogP contribution in [-0.2, 0) is 0 Å². The molecule has 1 saturated heterocycles. The number of nitrogens with zero attached hydrogens (tertiary/aromatic N) is 1. The zero-order valence-corrected chi connectivity index (χ0v) is 10.6. The van der Waals surface area contributed by atoms with E-state index in [-0.39, 0.29) is 0 Å². The second kappa shape index (κ2) is 4.62. The lowest BCUT2D eigenvalue weighted by Gasteiger charge is -2.33. The van der Waals surface area contributed by atoms with Gasteiger partial charge in [0.15, 0.2) is 0 Å². The molecule has 0 saturated carbocycles. The molecule has 2 atom stereocenters. The van der Waals surface area contributed by atoms with Gasteiger partial charge in [0.1, 0.15) is 0 Å². The number of nitrogens with one attached hydrogen (secondary N) is 1. The number of hydrogen-bond donors (Lipinski definition) is 1. The summed E-state index contributed by atoms with van der Waals surface area (Å²) in [6.07, 6.45) is 1.25. The fourth-order valence-electron chi connectivity index (χ4n) is 2.43. The molecule has 1 aromatic rings. The van der Waals surface area contributed by atoms with Crippen molar-refractivity contribution in [2.24, 2.45) is 11.8 Å². The summed E-state index contributed by atoms with van der Waals surface area (Å²) in [5.41, 5.74) is 1.18. The minimum absolute atomic E-state index is 0.685. The summed E-state index contributed by atoms with van der Waals surface area (Å²) in [6.45, 7) is 9.04. The molecule has 0 spiro atoms. The van der Waals surface area contributed by atoms with E-state index in [0.717, 1.165) is 24.9 Å². The first-order chi connectivity index (χ1) is 7.18. The molecular formula is C12H20N2S. The quantitative estimate of drug-likeness (QED) is 0.835. The van der Waals surface area contributed by atoms with Crippen molar-refractivity contribution in [3.8, 4) is 0 Å². The molecule has 1 fully saturated rings. The average Bonchev–Trinajstić information content (AvgIpc) is 2.65. The molecule has 2 nitrogen and oxygen atoms in total. The third-order valence-electron chi connectivity index (χ3n) is 3.34. The zero-order chi connectivity index (χ0) is 10.8. The van der Waals surface area contributed by atoms with Gasteiger partial charge in [-0.05, 0) is 38.3 Å². The summed E-state index contributed by atoms with van der Waals surface area (Å²) < 4.78 is 0. The summed E-state index contributed by atoms with van der Waals surface area (Å²) >= 11 is 1.84. The number of piperidine rings is 1. The van der Waals surface area contributed by atoms with E-state index in [9.17, 15) is 0 Å². The third-order valence-corrected chi connectivity index (χ3v) is 4.43. The molecule has 1 aliphatic heterocycles. The van der Waals surface area contributed by atoms with Crippen LogP contribution in [0.1, 0.15) is 36.9 Å². The van der Waals surface area contributed by atoms with Crippen molar-refractivity contribution >= 4 is 11.3 Å². The lowest BCUT2D eigenvalue weighted by atomic mass is 9.79.